The van der Waals surface area contributed by atoms with Gasteiger partial charge in [-0.3, -0.25) is 0 Å². The van der Waals surface area contributed by atoms with Gasteiger partial charge in [-0.2, -0.15) is 0 Å². The van der Waals surface area contributed by atoms with E-state index in [-0.39, 0.29) is 5.54 Å². The monoisotopic (exact) mass is 224 g/mol. The van der Waals surface area contributed by atoms with Crippen molar-refractivity contribution in [1.82, 2.24) is 4.90 Å². The van der Waals surface area contributed by atoms with Crippen molar-refractivity contribution in [2.45, 2.75) is 76.3 Å². The molecule has 0 aromatic rings. The average molecular weight is 224 g/mol. The average Bonchev–Trinajstić information content (AvgIpc) is 2.29. The van der Waals surface area contributed by atoms with Gasteiger partial charge in [-0.1, -0.05) is 25.7 Å². The van der Waals surface area contributed by atoms with E-state index in [0.717, 1.165) is 6.04 Å². The molecule has 0 amide bonds. The van der Waals surface area contributed by atoms with Gasteiger partial charge in [0.15, 0.2) is 0 Å². The second kappa shape index (κ2) is 5.50. The van der Waals surface area contributed by atoms with Gasteiger partial charge >= 0.3 is 0 Å². The summed E-state index contributed by atoms with van der Waals surface area (Å²) in [6, 6.07) is 0.793. The lowest BCUT2D eigenvalue weighted by Gasteiger charge is -2.38. The molecule has 1 unspecified atom stereocenters. The fourth-order valence-corrected chi connectivity index (χ4v) is 3.36. The smallest absolute Gasteiger partial charge is 0.0166 e. The Hall–Kier alpha value is -0.0800. The van der Waals surface area contributed by atoms with Crippen LogP contribution >= 0.6 is 0 Å². The summed E-state index contributed by atoms with van der Waals surface area (Å²) in [6.07, 6.45) is 12.0. The summed E-state index contributed by atoms with van der Waals surface area (Å²) in [4.78, 5) is 2.66. The quantitative estimate of drug-likeness (QED) is 0.798. The molecule has 1 saturated carbocycles. The Morgan fingerprint density at radius 3 is 2.56 bits per heavy atom. The summed E-state index contributed by atoms with van der Waals surface area (Å²) in [6.45, 7) is 4.91. The number of likely N-dealkylation sites (tertiary alicyclic amines) is 1. The third-order valence-corrected chi connectivity index (χ3v) is 4.69. The third-order valence-electron chi connectivity index (χ3n) is 4.69. The number of piperidine rings is 1. The van der Waals surface area contributed by atoms with E-state index < -0.39 is 0 Å². The van der Waals surface area contributed by atoms with E-state index in [9.17, 15) is 0 Å². The largest absolute Gasteiger partial charge is 0.325 e. The highest BCUT2D eigenvalue weighted by Crippen LogP contribution is 2.29. The van der Waals surface area contributed by atoms with Crippen LogP contribution in [-0.2, 0) is 0 Å². The molecular formula is C14H28N2. The Bertz CT molecular complexity index is 209. The topological polar surface area (TPSA) is 29.3 Å². The van der Waals surface area contributed by atoms with Crippen molar-refractivity contribution in [1.29, 1.82) is 0 Å². The molecule has 0 aromatic carbocycles. The minimum atomic E-state index is 0.176. The van der Waals surface area contributed by atoms with Crippen molar-refractivity contribution in [2.75, 3.05) is 13.1 Å². The van der Waals surface area contributed by atoms with Crippen molar-refractivity contribution >= 4 is 0 Å². The van der Waals surface area contributed by atoms with Gasteiger partial charge < -0.3 is 10.6 Å². The van der Waals surface area contributed by atoms with Crippen LogP contribution in [0.15, 0.2) is 0 Å². The van der Waals surface area contributed by atoms with Crippen LogP contribution in [0.25, 0.3) is 0 Å². The van der Waals surface area contributed by atoms with E-state index in [1.165, 1.54) is 70.9 Å². The van der Waals surface area contributed by atoms with Gasteiger partial charge in [-0.25, -0.2) is 0 Å². The highest BCUT2D eigenvalue weighted by atomic mass is 15.2. The SMILES string of the molecule is CC1CCCCN1CCC1(N)CCCCC1. The fraction of sp³-hybridized carbons (Fsp3) is 1.00. The molecule has 1 atom stereocenters. The van der Waals surface area contributed by atoms with Gasteiger partial charge in [0.2, 0.25) is 0 Å². The molecule has 2 N–H and O–H groups in total. The molecule has 16 heavy (non-hydrogen) atoms. The number of nitrogens with zero attached hydrogens (tertiary/aromatic N) is 1. The number of nitrogens with two attached hydrogens (primary N) is 1. The van der Waals surface area contributed by atoms with Gasteiger partial charge in [-0.15, -0.1) is 0 Å². The maximum atomic E-state index is 6.50. The summed E-state index contributed by atoms with van der Waals surface area (Å²) in [5.74, 6) is 0. The van der Waals surface area contributed by atoms with E-state index in [4.69, 9.17) is 5.73 Å². The number of hydrogen-bond donors (Lipinski definition) is 1. The molecule has 1 aliphatic carbocycles. The predicted octanol–water partition coefficient (Wildman–Crippen LogP) is 2.91. The molecule has 0 spiro atoms. The van der Waals surface area contributed by atoms with Crippen LogP contribution in [0.1, 0.15) is 64.7 Å². The van der Waals surface area contributed by atoms with Gasteiger partial charge in [0, 0.05) is 18.1 Å². The summed E-state index contributed by atoms with van der Waals surface area (Å²) >= 11 is 0. The molecule has 2 heteroatoms. The normalized spacial score (nSPS) is 31.5. The minimum absolute atomic E-state index is 0.176. The van der Waals surface area contributed by atoms with Crippen molar-refractivity contribution in [3.05, 3.63) is 0 Å². The second-order valence-electron chi connectivity index (χ2n) is 6.05. The molecule has 2 fully saturated rings. The molecule has 2 aliphatic rings. The highest BCUT2D eigenvalue weighted by Gasteiger charge is 2.28. The zero-order chi connectivity index (χ0) is 11.4. The van der Waals surface area contributed by atoms with E-state index in [2.05, 4.69) is 11.8 Å². The van der Waals surface area contributed by atoms with Crippen molar-refractivity contribution < 1.29 is 0 Å². The Kier molecular flexibility index (Phi) is 4.26. The van der Waals surface area contributed by atoms with Gasteiger partial charge in [0.25, 0.3) is 0 Å². The van der Waals surface area contributed by atoms with Crippen molar-refractivity contribution in [2.24, 2.45) is 5.73 Å². The molecule has 1 aliphatic heterocycles. The van der Waals surface area contributed by atoms with Crippen LogP contribution in [0.5, 0.6) is 0 Å². The van der Waals surface area contributed by atoms with Crippen LogP contribution in [0.4, 0.5) is 0 Å². The third kappa shape index (κ3) is 3.21. The number of hydrogen-bond acceptors (Lipinski definition) is 2. The summed E-state index contributed by atoms with van der Waals surface area (Å²) in [5, 5.41) is 0. The summed E-state index contributed by atoms with van der Waals surface area (Å²) in [5.41, 5.74) is 6.67. The van der Waals surface area contributed by atoms with Crippen LogP contribution in [0, 0.1) is 0 Å². The Labute approximate surface area is 101 Å². The molecule has 2 nitrogen and oxygen atoms in total. The first-order valence-electron chi connectivity index (χ1n) is 7.23. The van der Waals surface area contributed by atoms with E-state index in [0.29, 0.717) is 0 Å². The minimum Gasteiger partial charge on any atom is -0.325 e. The van der Waals surface area contributed by atoms with Gasteiger partial charge in [-0.05, 0) is 45.6 Å². The first-order chi connectivity index (χ1) is 7.70. The van der Waals surface area contributed by atoms with E-state index >= 15 is 0 Å². The van der Waals surface area contributed by atoms with Gasteiger partial charge in [0.05, 0.1) is 0 Å². The first-order valence-corrected chi connectivity index (χ1v) is 7.23. The van der Waals surface area contributed by atoms with E-state index in [1.807, 2.05) is 0 Å². The molecule has 2 rings (SSSR count). The van der Waals surface area contributed by atoms with Crippen LogP contribution in [0.3, 0.4) is 0 Å². The van der Waals surface area contributed by atoms with Crippen LogP contribution in [0.2, 0.25) is 0 Å². The molecule has 94 valence electrons. The fourth-order valence-electron chi connectivity index (χ4n) is 3.36. The Morgan fingerprint density at radius 2 is 1.88 bits per heavy atom. The van der Waals surface area contributed by atoms with Crippen LogP contribution < -0.4 is 5.73 Å². The zero-order valence-electron chi connectivity index (χ0n) is 10.9. The molecule has 0 aromatic heterocycles. The van der Waals surface area contributed by atoms with Crippen molar-refractivity contribution in [3.63, 3.8) is 0 Å². The lowest BCUT2D eigenvalue weighted by atomic mass is 9.80. The van der Waals surface area contributed by atoms with Crippen molar-refractivity contribution in [3.8, 4) is 0 Å². The Balaban J connectivity index is 1.76. The zero-order valence-corrected chi connectivity index (χ0v) is 10.9. The predicted molar refractivity (Wildman–Crippen MR) is 69.5 cm³/mol. The van der Waals surface area contributed by atoms with E-state index in [1.54, 1.807) is 0 Å². The first kappa shape index (κ1) is 12.4. The summed E-state index contributed by atoms with van der Waals surface area (Å²) < 4.78 is 0. The molecule has 1 saturated heterocycles. The maximum absolute atomic E-state index is 6.50. The second-order valence-corrected chi connectivity index (χ2v) is 6.05. The molecular weight excluding hydrogens is 196 g/mol. The number of rotatable bonds is 3. The Morgan fingerprint density at radius 1 is 1.12 bits per heavy atom. The molecule has 0 radical (unpaired) electrons. The lowest BCUT2D eigenvalue weighted by Crippen LogP contribution is -2.47. The highest BCUT2D eigenvalue weighted by molar-refractivity contribution is 4.88. The maximum Gasteiger partial charge on any atom is 0.0166 e. The van der Waals surface area contributed by atoms with Crippen LogP contribution in [-0.4, -0.2) is 29.6 Å². The lowest BCUT2D eigenvalue weighted by molar-refractivity contribution is 0.136. The standard InChI is InChI=1S/C14H28N2/c1-13-7-3-6-11-16(13)12-10-14(15)8-4-2-5-9-14/h13H,2-12,15H2,1H3. The molecule has 0 bridgehead atoms. The molecule has 1 heterocycles. The van der Waals surface area contributed by atoms with Gasteiger partial charge in [0.1, 0.15) is 0 Å². The summed E-state index contributed by atoms with van der Waals surface area (Å²) in [7, 11) is 0.